The fourth-order valence-electron chi connectivity index (χ4n) is 2.61. The van der Waals surface area contributed by atoms with Crippen molar-refractivity contribution in [1.29, 1.82) is 0 Å². The van der Waals surface area contributed by atoms with Gasteiger partial charge in [-0.25, -0.2) is 0 Å². The number of aliphatic hydroxyl groups excluding tert-OH is 1. The standard InChI is InChI=1S/C21H28N2O2.ClH/c1-20(2,3)16-12-10-15(11-13-16)18(24)14-23-19(25)21(4,22)17-8-6-5-7-9-17;/h5-13,18,24H,14,22H2,1-4H3,(H,23,25);1H. The normalized spacial score (nSPS) is 14.7. The number of benzene rings is 2. The van der Waals surface area contributed by atoms with Crippen LogP contribution in [0.4, 0.5) is 0 Å². The zero-order chi connectivity index (χ0) is 18.7. The number of aliphatic hydroxyl groups is 1. The average molecular weight is 377 g/mol. The average Bonchev–Trinajstić information content (AvgIpc) is 2.59. The third-order valence-corrected chi connectivity index (χ3v) is 4.46. The van der Waals surface area contributed by atoms with E-state index in [1.165, 1.54) is 5.56 Å². The van der Waals surface area contributed by atoms with Crippen molar-refractivity contribution in [2.45, 2.75) is 44.8 Å². The first-order valence-corrected chi connectivity index (χ1v) is 8.53. The first-order chi connectivity index (χ1) is 11.6. The van der Waals surface area contributed by atoms with Gasteiger partial charge < -0.3 is 16.2 Å². The first kappa shape index (κ1) is 22.2. The molecular formula is C21H29ClN2O2. The summed E-state index contributed by atoms with van der Waals surface area (Å²) in [5.74, 6) is -0.316. The summed E-state index contributed by atoms with van der Waals surface area (Å²) < 4.78 is 0. The zero-order valence-corrected chi connectivity index (χ0v) is 16.6. The third kappa shape index (κ3) is 5.31. The molecule has 0 spiro atoms. The van der Waals surface area contributed by atoms with Crippen LogP contribution in [-0.4, -0.2) is 17.6 Å². The molecule has 2 aromatic rings. The van der Waals surface area contributed by atoms with Crippen molar-refractivity contribution in [3.8, 4) is 0 Å². The molecular weight excluding hydrogens is 348 g/mol. The number of halogens is 1. The van der Waals surface area contributed by atoms with Gasteiger partial charge in [0.25, 0.3) is 0 Å². The Hall–Kier alpha value is -1.88. The Morgan fingerprint density at radius 1 is 1.00 bits per heavy atom. The van der Waals surface area contributed by atoms with Gasteiger partial charge in [-0.2, -0.15) is 0 Å². The fraction of sp³-hybridized carbons (Fsp3) is 0.381. The summed E-state index contributed by atoms with van der Waals surface area (Å²) in [7, 11) is 0. The Balaban J connectivity index is 0.00000338. The maximum atomic E-state index is 12.4. The van der Waals surface area contributed by atoms with Gasteiger partial charge in [-0.15, -0.1) is 12.4 Å². The van der Waals surface area contributed by atoms with Crippen LogP contribution in [0.25, 0.3) is 0 Å². The van der Waals surface area contributed by atoms with E-state index in [-0.39, 0.29) is 30.3 Å². The zero-order valence-electron chi connectivity index (χ0n) is 15.8. The van der Waals surface area contributed by atoms with E-state index in [1.54, 1.807) is 6.92 Å². The Morgan fingerprint density at radius 2 is 1.54 bits per heavy atom. The molecule has 2 rings (SSSR count). The molecule has 0 aliphatic rings. The molecule has 142 valence electrons. The number of amides is 1. The molecule has 2 unspecified atom stereocenters. The Labute approximate surface area is 162 Å². The minimum Gasteiger partial charge on any atom is -0.387 e. The molecule has 0 fully saturated rings. The lowest BCUT2D eigenvalue weighted by molar-refractivity contribution is -0.126. The summed E-state index contributed by atoms with van der Waals surface area (Å²) >= 11 is 0. The second kappa shape index (κ2) is 8.67. The van der Waals surface area contributed by atoms with Gasteiger partial charge in [0, 0.05) is 6.54 Å². The van der Waals surface area contributed by atoms with Crippen LogP contribution < -0.4 is 11.1 Å². The number of hydrogen-bond acceptors (Lipinski definition) is 3. The second-order valence-electron chi connectivity index (χ2n) is 7.67. The lowest BCUT2D eigenvalue weighted by atomic mass is 9.86. The molecule has 4 N–H and O–H groups in total. The molecule has 5 heteroatoms. The van der Waals surface area contributed by atoms with Crippen molar-refractivity contribution in [2.24, 2.45) is 5.73 Å². The van der Waals surface area contributed by atoms with E-state index in [0.29, 0.717) is 0 Å². The van der Waals surface area contributed by atoms with Gasteiger partial charge in [-0.05, 0) is 29.0 Å². The summed E-state index contributed by atoms with van der Waals surface area (Å²) in [6, 6.07) is 17.0. The van der Waals surface area contributed by atoms with Crippen LogP contribution in [-0.2, 0) is 15.7 Å². The van der Waals surface area contributed by atoms with E-state index >= 15 is 0 Å². The van der Waals surface area contributed by atoms with E-state index in [9.17, 15) is 9.90 Å². The van der Waals surface area contributed by atoms with Crippen LogP contribution in [0.3, 0.4) is 0 Å². The van der Waals surface area contributed by atoms with Gasteiger partial charge in [0.05, 0.1) is 6.10 Å². The van der Waals surface area contributed by atoms with Crippen molar-refractivity contribution in [2.75, 3.05) is 6.54 Å². The van der Waals surface area contributed by atoms with Crippen LogP contribution in [0.2, 0.25) is 0 Å². The van der Waals surface area contributed by atoms with Crippen LogP contribution in [0.15, 0.2) is 54.6 Å². The highest BCUT2D eigenvalue weighted by molar-refractivity contribution is 5.87. The predicted octanol–water partition coefficient (Wildman–Crippen LogP) is 3.43. The highest BCUT2D eigenvalue weighted by Gasteiger charge is 2.30. The minimum atomic E-state index is -1.14. The molecule has 0 saturated carbocycles. The fourth-order valence-corrected chi connectivity index (χ4v) is 2.61. The smallest absolute Gasteiger partial charge is 0.244 e. The summed E-state index contributed by atoms with van der Waals surface area (Å²) in [6.07, 6.45) is -0.774. The Kier molecular flexibility index (Phi) is 7.39. The predicted molar refractivity (Wildman–Crippen MR) is 108 cm³/mol. The highest BCUT2D eigenvalue weighted by atomic mass is 35.5. The quantitative estimate of drug-likeness (QED) is 0.748. The molecule has 0 heterocycles. The molecule has 2 aromatic carbocycles. The first-order valence-electron chi connectivity index (χ1n) is 8.53. The summed E-state index contributed by atoms with van der Waals surface area (Å²) in [5, 5.41) is 13.1. The summed E-state index contributed by atoms with van der Waals surface area (Å²) in [6.45, 7) is 8.22. The van der Waals surface area contributed by atoms with Gasteiger partial charge in [0.15, 0.2) is 0 Å². The number of nitrogens with one attached hydrogen (secondary N) is 1. The molecule has 0 aliphatic heterocycles. The van der Waals surface area contributed by atoms with E-state index in [2.05, 4.69) is 26.1 Å². The monoisotopic (exact) mass is 376 g/mol. The number of carbonyl (C=O) groups is 1. The van der Waals surface area contributed by atoms with E-state index in [4.69, 9.17) is 5.73 Å². The van der Waals surface area contributed by atoms with Gasteiger partial charge in [-0.3, -0.25) is 4.79 Å². The molecule has 0 radical (unpaired) electrons. The maximum Gasteiger partial charge on any atom is 0.244 e. The lowest BCUT2D eigenvalue weighted by Gasteiger charge is -2.25. The van der Waals surface area contributed by atoms with E-state index < -0.39 is 11.6 Å². The Morgan fingerprint density at radius 3 is 2.04 bits per heavy atom. The maximum absolute atomic E-state index is 12.4. The largest absolute Gasteiger partial charge is 0.387 e. The number of carbonyl (C=O) groups excluding carboxylic acids is 1. The molecule has 2 atom stereocenters. The Bertz CT molecular complexity index is 707. The van der Waals surface area contributed by atoms with Gasteiger partial charge >= 0.3 is 0 Å². The van der Waals surface area contributed by atoms with Crippen LogP contribution in [0.5, 0.6) is 0 Å². The molecule has 0 saturated heterocycles. The number of nitrogens with two attached hydrogens (primary N) is 1. The van der Waals surface area contributed by atoms with Crippen molar-refractivity contribution in [1.82, 2.24) is 5.32 Å². The topological polar surface area (TPSA) is 75.3 Å². The van der Waals surface area contributed by atoms with Crippen molar-refractivity contribution < 1.29 is 9.90 Å². The van der Waals surface area contributed by atoms with E-state index in [1.807, 2.05) is 54.6 Å². The SMILES string of the molecule is CC(C)(C)c1ccc(C(O)CNC(=O)C(C)(N)c2ccccc2)cc1.Cl. The minimum absolute atomic E-state index is 0. The molecule has 0 bridgehead atoms. The van der Waals surface area contributed by atoms with E-state index in [0.717, 1.165) is 11.1 Å². The number of hydrogen-bond donors (Lipinski definition) is 3. The summed E-state index contributed by atoms with van der Waals surface area (Å²) in [5.41, 5.74) is 7.81. The van der Waals surface area contributed by atoms with Crippen LogP contribution in [0.1, 0.15) is 50.5 Å². The molecule has 1 amide bonds. The third-order valence-electron chi connectivity index (χ3n) is 4.46. The molecule has 26 heavy (non-hydrogen) atoms. The van der Waals surface area contributed by atoms with Crippen molar-refractivity contribution in [3.63, 3.8) is 0 Å². The summed E-state index contributed by atoms with van der Waals surface area (Å²) in [4.78, 5) is 12.4. The van der Waals surface area contributed by atoms with Gasteiger partial charge in [0.2, 0.25) is 5.91 Å². The van der Waals surface area contributed by atoms with Crippen molar-refractivity contribution >= 4 is 18.3 Å². The second-order valence-corrected chi connectivity index (χ2v) is 7.67. The van der Waals surface area contributed by atoms with Crippen LogP contribution in [0, 0.1) is 0 Å². The van der Waals surface area contributed by atoms with Gasteiger partial charge in [-0.1, -0.05) is 75.4 Å². The number of rotatable bonds is 5. The lowest BCUT2D eigenvalue weighted by Crippen LogP contribution is -2.49. The van der Waals surface area contributed by atoms with Gasteiger partial charge in [0.1, 0.15) is 5.54 Å². The molecule has 0 aliphatic carbocycles. The van der Waals surface area contributed by atoms with Crippen molar-refractivity contribution in [3.05, 3.63) is 71.3 Å². The van der Waals surface area contributed by atoms with Crippen LogP contribution >= 0.6 is 12.4 Å². The molecule has 4 nitrogen and oxygen atoms in total. The molecule has 0 aromatic heterocycles. The highest BCUT2D eigenvalue weighted by Crippen LogP contribution is 2.24.